The van der Waals surface area contributed by atoms with Crippen LogP contribution in [0.4, 0.5) is 13.2 Å². The van der Waals surface area contributed by atoms with Crippen molar-refractivity contribution in [2.75, 3.05) is 19.6 Å². The van der Waals surface area contributed by atoms with E-state index in [4.69, 9.17) is 0 Å². The van der Waals surface area contributed by atoms with Crippen LogP contribution in [0.1, 0.15) is 0 Å². The van der Waals surface area contributed by atoms with Gasteiger partial charge in [-0.2, -0.15) is 13.2 Å². The summed E-state index contributed by atoms with van der Waals surface area (Å²) in [7, 11) is -5.07. The van der Waals surface area contributed by atoms with Crippen molar-refractivity contribution in [1.82, 2.24) is 10.6 Å². The molecule has 2 N–H and O–H groups in total. The van der Waals surface area contributed by atoms with Crippen molar-refractivity contribution in [1.29, 1.82) is 0 Å². The second kappa shape index (κ2) is 3.43. The van der Waals surface area contributed by atoms with Crippen LogP contribution in [-0.4, -0.2) is 38.9 Å². The van der Waals surface area contributed by atoms with Crippen molar-refractivity contribution >= 4 is 9.84 Å². The van der Waals surface area contributed by atoms with Gasteiger partial charge in [0.05, 0.1) is 0 Å². The van der Waals surface area contributed by atoms with Crippen molar-refractivity contribution in [2.45, 2.75) is 10.9 Å². The summed E-state index contributed by atoms with van der Waals surface area (Å²) in [4.78, 5) is 0. The second-order valence-electron chi connectivity index (χ2n) is 2.64. The van der Waals surface area contributed by atoms with Crippen LogP contribution in [0, 0.1) is 0 Å². The molecule has 1 unspecified atom stereocenters. The van der Waals surface area contributed by atoms with E-state index in [0.717, 1.165) is 0 Å². The van der Waals surface area contributed by atoms with Gasteiger partial charge in [-0.15, -0.1) is 0 Å². The van der Waals surface area contributed by atoms with E-state index in [1.165, 1.54) is 0 Å². The van der Waals surface area contributed by atoms with E-state index < -0.39 is 20.7 Å². The standard InChI is InChI=1S/C5H9F3N2O2S/c6-5(7,8)13(11,12)4-3-9-1-2-10-4/h4,9-10H,1-3H2. The number of piperazine rings is 1. The topological polar surface area (TPSA) is 58.2 Å². The summed E-state index contributed by atoms with van der Waals surface area (Å²) in [5.74, 6) is 0. The monoisotopic (exact) mass is 218 g/mol. The Hall–Kier alpha value is -0.340. The molecule has 0 spiro atoms. The van der Waals surface area contributed by atoms with Crippen LogP contribution in [0.5, 0.6) is 0 Å². The van der Waals surface area contributed by atoms with Crippen LogP contribution in [-0.2, 0) is 9.84 Å². The van der Waals surface area contributed by atoms with E-state index >= 15 is 0 Å². The molecule has 4 nitrogen and oxygen atoms in total. The predicted molar refractivity (Wildman–Crippen MR) is 39.6 cm³/mol. The lowest BCUT2D eigenvalue weighted by Gasteiger charge is -2.24. The molecule has 1 heterocycles. The first kappa shape index (κ1) is 10.7. The summed E-state index contributed by atoms with van der Waals surface area (Å²) in [6.07, 6.45) is 0. The van der Waals surface area contributed by atoms with Gasteiger partial charge in [0.2, 0.25) is 0 Å². The fourth-order valence-corrected chi connectivity index (χ4v) is 2.00. The molecular weight excluding hydrogens is 209 g/mol. The molecular formula is C5H9F3N2O2S. The molecule has 0 saturated carbocycles. The Labute approximate surface area is 73.4 Å². The van der Waals surface area contributed by atoms with Crippen LogP contribution in [0.15, 0.2) is 0 Å². The minimum atomic E-state index is -5.18. The Balaban J connectivity index is 2.80. The number of hydrogen-bond acceptors (Lipinski definition) is 4. The molecule has 78 valence electrons. The Morgan fingerprint density at radius 2 is 1.85 bits per heavy atom. The first-order valence-corrected chi connectivity index (χ1v) is 5.14. The third kappa shape index (κ3) is 2.12. The first-order valence-electron chi connectivity index (χ1n) is 3.60. The predicted octanol–water partition coefficient (Wildman–Crippen LogP) is -0.560. The summed E-state index contributed by atoms with van der Waals surface area (Å²) in [6, 6.07) is 0. The zero-order chi connectivity index (χ0) is 10.1. The molecule has 0 amide bonds. The van der Waals surface area contributed by atoms with Gasteiger partial charge >= 0.3 is 5.51 Å². The molecule has 1 saturated heterocycles. The maximum absolute atomic E-state index is 12.0. The highest BCUT2D eigenvalue weighted by Crippen LogP contribution is 2.26. The van der Waals surface area contributed by atoms with Crippen molar-refractivity contribution in [3.63, 3.8) is 0 Å². The Kier molecular flexibility index (Phi) is 2.83. The zero-order valence-corrected chi connectivity index (χ0v) is 7.37. The van der Waals surface area contributed by atoms with Crippen LogP contribution in [0.25, 0.3) is 0 Å². The van der Waals surface area contributed by atoms with Crippen molar-refractivity contribution in [3.05, 3.63) is 0 Å². The third-order valence-electron chi connectivity index (χ3n) is 1.70. The van der Waals surface area contributed by atoms with Gasteiger partial charge in [-0.3, -0.25) is 5.32 Å². The molecule has 1 rings (SSSR count). The van der Waals surface area contributed by atoms with E-state index in [2.05, 4.69) is 10.6 Å². The van der Waals surface area contributed by atoms with E-state index in [1.54, 1.807) is 0 Å². The van der Waals surface area contributed by atoms with Gasteiger partial charge in [-0.1, -0.05) is 0 Å². The molecule has 0 aromatic heterocycles. The molecule has 1 atom stereocenters. The highest BCUT2D eigenvalue weighted by atomic mass is 32.2. The molecule has 0 aromatic rings. The summed E-state index contributed by atoms with van der Waals surface area (Å²) in [5, 5.41) is 3.31. The minimum absolute atomic E-state index is 0.207. The van der Waals surface area contributed by atoms with E-state index in [-0.39, 0.29) is 13.1 Å². The van der Waals surface area contributed by atoms with E-state index in [1.807, 2.05) is 0 Å². The van der Waals surface area contributed by atoms with Crippen LogP contribution in [0.3, 0.4) is 0 Å². The Morgan fingerprint density at radius 1 is 1.23 bits per heavy atom. The molecule has 0 bridgehead atoms. The highest BCUT2D eigenvalue weighted by Gasteiger charge is 2.50. The largest absolute Gasteiger partial charge is 0.498 e. The van der Waals surface area contributed by atoms with Gasteiger partial charge in [0.1, 0.15) is 5.37 Å². The SMILES string of the molecule is O=S(=O)(C1CNCCN1)C(F)(F)F. The van der Waals surface area contributed by atoms with Crippen LogP contribution < -0.4 is 10.6 Å². The number of nitrogens with one attached hydrogen (secondary N) is 2. The fourth-order valence-electron chi connectivity index (χ4n) is 1.01. The molecule has 0 aliphatic carbocycles. The smallest absolute Gasteiger partial charge is 0.313 e. The van der Waals surface area contributed by atoms with Gasteiger partial charge < -0.3 is 5.32 Å². The Morgan fingerprint density at radius 3 is 2.23 bits per heavy atom. The average Bonchev–Trinajstić information content (AvgIpc) is 2.04. The minimum Gasteiger partial charge on any atom is -0.313 e. The molecule has 8 heteroatoms. The van der Waals surface area contributed by atoms with Gasteiger partial charge in [0, 0.05) is 19.6 Å². The number of halogens is 3. The van der Waals surface area contributed by atoms with Gasteiger partial charge in [-0.25, -0.2) is 8.42 Å². The van der Waals surface area contributed by atoms with Crippen LogP contribution >= 0.6 is 0 Å². The quantitative estimate of drug-likeness (QED) is 0.619. The molecule has 13 heavy (non-hydrogen) atoms. The lowest BCUT2D eigenvalue weighted by atomic mass is 10.4. The van der Waals surface area contributed by atoms with Crippen molar-refractivity contribution < 1.29 is 21.6 Å². The van der Waals surface area contributed by atoms with E-state index in [0.29, 0.717) is 6.54 Å². The number of rotatable bonds is 1. The lowest BCUT2D eigenvalue weighted by Crippen LogP contribution is -2.55. The molecule has 0 aromatic carbocycles. The van der Waals surface area contributed by atoms with Gasteiger partial charge in [0.15, 0.2) is 0 Å². The van der Waals surface area contributed by atoms with Crippen molar-refractivity contribution in [2.24, 2.45) is 0 Å². The molecule has 1 fully saturated rings. The van der Waals surface area contributed by atoms with E-state index in [9.17, 15) is 21.6 Å². The third-order valence-corrected chi connectivity index (χ3v) is 3.43. The maximum Gasteiger partial charge on any atom is 0.498 e. The number of hydrogen-bond donors (Lipinski definition) is 2. The lowest BCUT2D eigenvalue weighted by molar-refractivity contribution is -0.0449. The summed E-state index contributed by atoms with van der Waals surface area (Å²) in [6.45, 7) is 0.492. The zero-order valence-electron chi connectivity index (χ0n) is 6.56. The highest BCUT2D eigenvalue weighted by molar-refractivity contribution is 7.92. The number of alkyl halides is 3. The second-order valence-corrected chi connectivity index (χ2v) is 4.76. The molecule has 1 aliphatic rings. The molecule has 1 aliphatic heterocycles. The van der Waals surface area contributed by atoms with Crippen LogP contribution in [0.2, 0.25) is 0 Å². The maximum atomic E-state index is 12.0. The number of sulfone groups is 1. The van der Waals surface area contributed by atoms with Crippen molar-refractivity contribution in [3.8, 4) is 0 Å². The Bertz CT molecular complexity index is 268. The summed E-state index contributed by atoms with van der Waals surface area (Å²) >= 11 is 0. The van der Waals surface area contributed by atoms with Gasteiger partial charge in [-0.05, 0) is 0 Å². The molecule has 0 radical (unpaired) electrons. The van der Waals surface area contributed by atoms with Gasteiger partial charge in [0.25, 0.3) is 9.84 Å². The average molecular weight is 218 g/mol. The normalized spacial score (nSPS) is 25.9. The fraction of sp³-hybridized carbons (Fsp3) is 1.00. The summed E-state index contributed by atoms with van der Waals surface area (Å²) < 4.78 is 57.4. The summed E-state index contributed by atoms with van der Waals surface area (Å²) in [5.41, 5.74) is -5.18. The first-order chi connectivity index (χ1) is 5.86.